The molecule has 1 N–H and O–H groups in total. The molecular formula is C17H33N3. The summed E-state index contributed by atoms with van der Waals surface area (Å²) in [4.78, 5) is 2.63. The Morgan fingerprint density at radius 2 is 2.05 bits per heavy atom. The van der Waals surface area contributed by atoms with Crippen LogP contribution in [0.25, 0.3) is 0 Å². The molecule has 0 amide bonds. The highest BCUT2D eigenvalue weighted by Gasteiger charge is 2.21. The summed E-state index contributed by atoms with van der Waals surface area (Å²) in [6.45, 7) is 11.0. The van der Waals surface area contributed by atoms with Crippen molar-refractivity contribution in [1.82, 2.24) is 10.2 Å². The molecule has 2 unspecified atom stereocenters. The van der Waals surface area contributed by atoms with Gasteiger partial charge in [-0.15, -0.1) is 0 Å². The second kappa shape index (κ2) is 9.37. The number of hydrogen-bond acceptors (Lipinski definition) is 3. The molecule has 0 aliphatic carbocycles. The molecule has 1 rings (SSSR count). The molecule has 0 aromatic heterocycles. The van der Waals surface area contributed by atoms with Gasteiger partial charge in [0.25, 0.3) is 0 Å². The first kappa shape index (κ1) is 17.5. The molecule has 1 saturated heterocycles. The molecule has 0 aromatic rings. The lowest BCUT2D eigenvalue weighted by Crippen LogP contribution is -2.40. The Morgan fingerprint density at radius 3 is 2.70 bits per heavy atom. The Labute approximate surface area is 125 Å². The third-order valence-corrected chi connectivity index (χ3v) is 4.73. The van der Waals surface area contributed by atoms with Crippen molar-refractivity contribution in [3.63, 3.8) is 0 Å². The van der Waals surface area contributed by atoms with E-state index in [1.54, 1.807) is 0 Å². The van der Waals surface area contributed by atoms with Crippen LogP contribution in [-0.4, -0.2) is 36.6 Å². The van der Waals surface area contributed by atoms with Gasteiger partial charge in [-0.05, 0) is 77.5 Å². The summed E-state index contributed by atoms with van der Waals surface area (Å²) in [6, 6.07) is 2.42. The Morgan fingerprint density at radius 1 is 1.25 bits per heavy atom. The molecule has 1 aliphatic heterocycles. The average molecular weight is 279 g/mol. The van der Waals surface area contributed by atoms with Gasteiger partial charge in [0.15, 0.2) is 0 Å². The topological polar surface area (TPSA) is 39.1 Å². The molecule has 1 fully saturated rings. The van der Waals surface area contributed by atoms with Gasteiger partial charge in [-0.2, -0.15) is 5.26 Å². The van der Waals surface area contributed by atoms with Crippen LogP contribution < -0.4 is 5.32 Å². The summed E-state index contributed by atoms with van der Waals surface area (Å²) in [5.74, 6) is 0.954. The van der Waals surface area contributed by atoms with Gasteiger partial charge in [-0.25, -0.2) is 0 Å². The Kier molecular flexibility index (Phi) is 8.18. The van der Waals surface area contributed by atoms with Crippen molar-refractivity contribution in [2.45, 2.75) is 71.3 Å². The summed E-state index contributed by atoms with van der Waals surface area (Å²) < 4.78 is 0. The number of unbranched alkanes of at least 4 members (excludes halogenated alkanes) is 1. The zero-order valence-corrected chi connectivity index (χ0v) is 13.7. The molecule has 1 aliphatic rings. The fourth-order valence-corrected chi connectivity index (χ4v) is 3.24. The quantitative estimate of drug-likeness (QED) is 0.691. The number of nitriles is 1. The van der Waals surface area contributed by atoms with E-state index in [-0.39, 0.29) is 5.54 Å². The molecular weight excluding hydrogens is 246 g/mol. The van der Waals surface area contributed by atoms with Gasteiger partial charge in [0.05, 0.1) is 6.07 Å². The van der Waals surface area contributed by atoms with E-state index in [0.717, 1.165) is 25.3 Å². The lowest BCUT2D eigenvalue weighted by Gasteiger charge is -2.24. The molecule has 3 nitrogen and oxygen atoms in total. The van der Waals surface area contributed by atoms with E-state index in [0.29, 0.717) is 0 Å². The number of hydrogen-bond donors (Lipinski definition) is 1. The van der Waals surface area contributed by atoms with Crippen LogP contribution in [0.4, 0.5) is 0 Å². The van der Waals surface area contributed by atoms with Gasteiger partial charge in [0.1, 0.15) is 5.54 Å². The van der Waals surface area contributed by atoms with Gasteiger partial charge in [0.2, 0.25) is 0 Å². The number of likely N-dealkylation sites (tertiary alicyclic amines) is 1. The first-order chi connectivity index (χ1) is 9.63. The van der Waals surface area contributed by atoms with E-state index in [2.05, 4.69) is 30.1 Å². The van der Waals surface area contributed by atoms with Crippen molar-refractivity contribution >= 4 is 0 Å². The molecule has 0 saturated carbocycles. The molecule has 0 spiro atoms. The van der Waals surface area contributed by atoms with Crippen molar-refractivity contribution in [2.75, 3.05) is 26.2 Å². The van der Waals surface area contributed by atoms with E-state index in [4.69, 9.17) is 0 Å². The maximum absolute atomic E-state index is 9.24. The van der Waals surface area contributed by atoms with Crippen LogP contribution >= 0.6 is 0 Å². The van der Waals surface area contributed by atoms with Crippen molar-refractivity contribution in [1.29, 1.82) is 5.26 Å². The third-order valence-electron chi connectivity index (χ3n) is 4.73. The second-order valence-corrected chi connectivity index (χ2v) is 6.48. The summed E-state index contributed by atoms with van der Waals surface area (Å²) in [5.41, 5.74) is -0.332. The first-order valence-corrected chi connectivity index (χ1v) is 8.52. The predicted molar refractivity (Wildman–Crippen MR) is 85.6 cm³/mol. The fourth-order valence-electron chi connectivity index (χ4n) is 3.24. The van der Waals surface area contributed by atoms with Gasteiger partial charge in [-0.3, -0.25) is 5.32 Å². The van der Waals surface area contributed by atoms with E-state index in [9.17, 15) is 5.26 Å². The van der Waals surface area contributed by atoms with E-state index < -0.39 is 0 Å². The van der Waals surface area contributed by atoms with Crippen LogP contribution in [0, 0.1) is 17.2 Å². The van der Waals surface area contributed by atoms with E-state index in [1.807, 2.05) is 6.92 Å². The molecule has 3 heteroatoms. The zero-order chi connectivity index (χ0) is 14.8. The van der Waals surface area contributed by atoms with E-state index >= 15 is 0 Å². The second-order valence-electron chi connectivity index (χ2n) is 6.48. The average Bonchev–Trinajstić information content (AvgIpc) is 2.69. The minimum atomic E-state index is -0.332. The number of nitrogens with one attached hydrogen (secondary N) is 1. The summed E-state index contributed by atoms with van der Waals surface area (Å²) in [6.07, 6.45) is 8.83. The zero-order valence-electron chi connectivity index (χ0n) is 13.7. The van der Waals surface area contributed by atoms with Gasteiger partial charge in [-0.1, -0.05) is 20.3 Å². The van der Waals surface area contributed by atoms with Crippen molar-refractivity contribution in [3.8, 4) is 6.07 Å². The minimum absolute atomic E-state index is 0.332. The van der Waals surface area contributed by atoms with E-state index in [1.165, 1.54) is 51.7 Å². The Balaban J connectivity index is 2.19. The number of rotatable bonds is 8. The minimum Gasteiger partial charge on any atom is -0.303 e. The van der Waals surface area contributed by atoms with Crippen molar-refractivity contribution in [2.24, 2.45) is 5.92 Å². The van der Waals surface area contributed by atoms with Crippen LogP contribution in [0.15, 0.2) is 0 Å². The van der Waals surface area contributed by atoms with Gasteiger partial charge < -0.3 is 4.90 Å². The highest BCUT2D eigenvalue weighted by molar-refractivity contribution is 5.03. The van der Waals surface area contributed by atoms with Crippen LogP contribution in [0.2, 0.25) is 0 Å². The largest absolute Gasteiger partial charge is 0.303 e. The van der Waals surface area contributed by atoms with Crippen LogP contribution in [0.5, 0.6) is 0 Å². The van der Waals surface area contributed by atoms with Gasteiger partial charge >= 0.3 is 0 Å². The van der Waals surface area contributed by atoms with Crippen LogP contribution in [0.3, 0.4) is 0 Å². The molecule has 0 radical (unpaired) electrons. The Bertz CT molecular complexity index is 297. The standard InChI is InChI=1S/C17H33N3/c1-4-16-9-8-13-20(14-10-16)12-7-6-11-17(3,15-18)19-5-2/h16,19H,4-14H2,1-3H3. The highest BCUT2D eigenvalue weighted by atomic mass is 15.1. The highest BCUT2D eigenvalue weighted by Crippen LogP contribution is 2.20. The smallest absolute Gasteiger partial charge is 0.103 e. The fraction of sp³-hybridized carbons (Fsp3) is 0.941. The van der Waals surface area contributed by atoms with Gasteiger partial charge in [0, 0.05) is 0 Å². The molecule has 2 atom stereocenters. The Hall–Kier alpha value is -0.590. The van der Waals surface area contributed by atoms with Crippen LogP contribution in [-0.2, 0) is 0 Å². The molecule has 116 valence electrons. The number of nitrogens with zero attached hydrogens (tertiary/aromatic N) is 2. The lowest BCUT2D eigenvalue weighted by molar-refractivity contribution is 0.268. The lowest BCUT2D eigenvalue weighted by atomic mass is 9.96. The summed E-state index contributed by atoms with van der Waals surface area (Å²) in [5, 5.41) is 12.5. The summed E-state index contributed by atoms with van der Waals surface area (Å²) >= 11 is 0. The molecule has 0 bridgehead atoms. The van der Waals surface area contributed by atoms with Crippen molar-refractivity contribution < 1.29 is 0 Å². The molecule has 0 aromatic carbocycles. The first-order valence-electron chi connectivity index (χ1n) is 8.52. The summed E-state index contributed by atoms with van der Waals surface area (Å²) in [7, 11) is 0. The molecule has 1 heterocycles. The maximum Gasteiger partial charge on any atom is 0.103 e. The van der Waals surface area contributed by atoms with Crippen molar-refractivity contribution in [3.05, 3.63) is 0 Å². The normalized spacial score (nSPS) is 23.8. The molecule has 20 heavy (non-hydrogen) atoms. The monoisotopic (exact) mass is 279 g/mol. The maximum atomic E-state index is 9.24. The predicted octanol–water partition coefficient (Wildman–Crippen LogP) is 3.56. The third kappa shape index (κ3) is 6.24. The SMILES string of the molecule is CCNC(C)(C#N)CCCCN1CCCC(CC)CC1. The van der Waals surface area contributed by atoms with Crippen LogP contribution in [0.1, 0.15) is 65.7 Å².